The highest BCUT2D eigenvalue weighted by molar-refractivity contribution is 5.95. The molecule has 1 aliphatic rings. The molecule has 3 rings (SSSR count). The number of carbonyl (C=O) groups is 2. The zero-order valence-corrected chi connectivity index (χ0v) is 14.7. The molecule has 0 radical (unpaired) electrons. The predicted octanol–water partition coefficient (Wildman–Crippen LogP) is 1.74. The molecule has 26 heavy (non-hydrogen) atoms. The second-order valence-electron chi connectivity index (χ2n) is 6.63. The molecule has 0 saturated carbocycles. The van der Waals surface area contributed by atoms with Crippen molar-refractivity contribution in [3.8, 4) is 0 Å². The van der Waals surface area contributed by atoms with Crippen molar-refractivity contribution < 1.29 is 14.0 Å². The first-order valence-corrected chi connectivity index (χ1v) is 9.09. The van der Waals surface area contributed by atoms with Crippen molar-refractivity contribution in [2.24, 2.45) is 5.92 Å². The Morgan fingerprint density at radius 3 is 2.73 bits per heavy atom. The van der Waals surface area contributed by atoms with Gasteiger partial charge in [0.15, 0.2) is 5.76 Å². The van der Waals surface area contributed by atoms with E-state index in [1.807, 2.05) is 30.3 Å². The van der Waals surface area contributed by atoms with Gasteiger partial charge in [0.05, 0.1) is 6.26 Å². The van der Waals surface area contributed by atoms with Crippen LogP contribution >= 0.6 is 0 Å². The molecule has 0 aliphatic carbocycles. The van der Waals surface area contributed by atoms with Gasteiger partial charge in [-0.25, -0.2) is 0 Å². The van der Waals surface area contributed by atoms with Crippen LogP contribution in [0.4, 0.5) is 0 Å². The van der Waals surface area contributed by atoms with Crippen LogP contribution < -0.4 is 16.0 Å². The average Bonchev–Trinajstić information content (AvgIpc) is 3.36. The van der Waals surface area contributed by atoms with E-state index in [9.17, 15) is 9.59 Å². The summed E-state index contributed by atoms with van der Waals surface area (Å²) in [5.74, 6) is 0.263. The molecule has 1 aromatic heterocycles. The third-order valence-electron chi connectivity index (χ3n) is 4.66. The highest BCUT2D eigenvalue weighted by Gasteiger charge is 2.23. The molecule has 6 heteroatoms. The van der Waals surface area contributed by atoms with E-state index in [1.54, 1.807) is 12.1 Å². The molecule has 1 fully saturated rings. The van der Waals surface area contributed by atoms with Crippen LogP contribution in [0, 0.1) is 5.92 Å². The molecule has 0 bridgehead atoms. The minimum absolute atomic E-state index is 0.167. The lowest BCUT2D eigenvalue weighted by Crippen LogP contribution is -2.48. The van der Waals surface area contributed by atoms with Gasteiger partial charge in [0.25, 0.3) is 5.91 Å². The van der Waals surface area contributed by atoms with Gasteiger partial charge in [-0.15, -0.1) is 0 Å². The van der Waals surface area contributed by atoms with Gasteiger partial charge in [0, 0.05) is 13.0 Å². The number of carbonyl (C=O) groups excluding carboxylic acids is 2. The van der Waals surface area contributed by atoms with Crippen molar-refractivity contribution in [1.82, 2.24) is 16.0 Å². The smallest absolute Gasteiger partial charge is 0.287 e. The summed E-state index contributed by atoms with van der Waals surface area (Å²) in [6.45, 7) is 2.68. The van der Waals surface area contributed by atoms with Crippen LogP contribution in [0.25, 0.3) is 0 Å². The lowest BCUT2D eigenvalue weighted by molar-refractivity contribution is -0.123. The summed E-state index contributed by atoms with van der Waals surface area (Å²) in [5.41, 5.74) is 0.993. The van der Waals surface area contributed by atoms with Crippen molar-refractivity contribution in [2.75, 3.05) is 19.6 Å². The van der Waals surface area contributed by atoms with E-state index in [-0.39, 0.29) is 17.6 Å². The summed E-state index contributed by atoms with van der Waals surface area (Å²) in [4.78, 5) is 25.0. The van der Waals surface area contributed by atoms with E-state index in [4.69, 9.17) is 4.42 Å². The van der Waals surface area contributed by atoms with Gasteiger partial charge in [0.2, 0.25) is 5.91 Å². The third kappa shape index (κ3) is 5.20. The molecule has 1 aromatic carbocycles. The van der Waals surface area contributed by atoms with Gasteiger partial charge in [-0.05, 0) is 49.5 Å². The Hall–Kier alpha value is -2.60. The summed E-state index contributed by atoms with van der Waals surface area (Å²) < 4.78 is 5.12. The van der Waals surface area contributed by atoms with Crippen LogP contribution in [-0.4, -0.2) is 37.5 Å². The van der Waals surface area contributed by atoms with Crippen LogP contribution in [-0.2, 0) is 11.2 Å². The van der Waals surface area contributed by atoms with Crippen LogP contribution in [0.5, 0.6) is 0 Å². The van der Waals surface area contributed by atoms with Crippen molar-refractivity contribution >= 4 is 11.8 Å². The summed E-state index contributed by atoms with van der Waals surface area (Å²) in [7, 11) is 0. The molecule has 3 N–H and O–H groups in total. The van der Waals surface area contributed by atoms with Crippen LogP contribution in [0.15, 0.2) is 53.1 Å². The van der Waals surface area contributed by atoms with E-state index in [0.29, 0.717) is 18.9 Å². The first-order chi connectivity index (χ1) is 12.7. The summed E-state index contributed by atoms with van der Waals surface area (Å²) in [6, 6.07) is 12.3. The van der Waals surface area contributed by atoms with Gasteiger partial charge in [-0.1, -0.05) is 30.3 Å². The van der Waals surface area contributed by atoms with Gasteiger partial charge in [-0.2, -0.15) is 0 Å². The maximum atomic E-state index is 12.7. The topological polar surface area (TPSA) is 83.4 Å². The number of hydrogen-bond donors (Lipinski definition) is 3. The van der Waals surface area contributed by atoms with Gasteiger partial charge in [0.1, 0.15) is 6.04 Å². The first kappa shape index (κ1) is 18.2. The molecule has 0 spiro atoms. The quantitative estimate of drug-likeness (QED) is 0.673. The maximum Gasteiger partial charge on any atom is 0.287 e. The minimum Gasteiger partial charge on any atom is -0.459 e. The molecule has 1 saturated heterocycles. The second kappa shape index (κ2) is 9.20. The Labute approximate surface area is 153 Å². The van der Waals surface area contributed by atoms with E-state index < -0.39 is 6.04 Å². The molecular weight excluding hydrogens is 330 g/mol. The summed E-state index contributed by atoms with van der Waals surface area (Å²) >= 11 is 0. The lowest BCUT2D eigenvalue weighted by atomic mass is 10.0. The van der Waals surface area contributed by atoms with E-state index in [0.717, 1.165) is 31.5 Å². The van der Waals surface area contributed by atoms with Gasteiger partial charge >= 0.3 is 0 Å². The van der Waals surface area contributed by atoms with Gasteiger partial charge in [-0.3, -0.25) is 9.59 Å². The molecule has 138 valence electrons. The zero-order chi connectivity index (χ0) is 18.2. The normalized spacial score (nSPS) is 17.6. The Morgan fingerprint density at radius 1 is 1.19 bits per heavy atom. The van der Waals surface area contributed by atoms with Crippen LogP contribution in [0.2, 0.25) is 0 Å². The fourth-order valence-electron chi connectivity index (χ4n) is 3.18. The number of hydrogen-bond acceptors (Lipinski definition) is 4. The van der Waals surface area contributed by atoms with E-state index in [1.165, 1.54) is 6.26 Å². The summed E-state index contributed by atoms with van der Waals surface area (Å²) in [6.07, 6.45) is 3.97. The van der Waals surface area contributed by atoms with Crippen molar-refractivity contribution in [3.63, 3.8) is 0 Å². The Bertz CT molecular complexity index is 694. The standard InChI is InChI=1S/C20H25N3O3/c24-19(22-11-9-16-8-10-21-14-16)17(13-15-5-2-1-3-6-15)23-20(25)18-7-4-12-26-18/h1-7,12,16-17,21H,8-11,13-14H2,(H,22,24)(H,23,25). The number of furan rings is 1. The maximum absolute atomic E-state index is 12.7. The zero-order valence-electron chi connectivity index (χ0n) is 14.7. The number of amides is 2. The Morgan fingerprint density at radius 2 is 2.04 bits per heavy atom. The van der Waals surface area contributed by atoms with Gasteiger partial charge < -0.3 is 20.4 Å². The fraction of sp³-hybridized carbons (Fsp3) is 0.400. The molecule has 1 aliphatic heterocycles. The second-order valence-corrected chi connectivity index (χ2v) is 6.63. The third-order valence-corrected chi connectivity index (χ3v) is 4.66. The molecule has 2 amide bonds. The van der Waals surface area contributed by atoms with Crippen molar-refractivity contribution in [2.45, 2.75) is 25.3 Å². The van der Waals surface area contributed by atoms with Crippen LogP contribution in [0.3, 0.4) is 0 Å². The molecule has 2 unspecified atom stereocenters. The number of rotatable bonds is 8. The Kier molecular flexibility index (Phi) is 6.44. The highest BCUT2D eigenvalue weighted by Crippen LogP contribution is 2.11. The highest BCUT2D eigenvalue weighted by atomic mass is 16.3. The molecule has 2 heterocycles. The van der Waals surface area contributed by atoms with E-state index >= 15 is 0 Å². The monoisotopic (exact) mass is 355 g/mol. The average molecular weight is 355 g/mol. The SMILES string of the molecule is O=C(NC(Cc1ccccc1)C(=O)NCCC1CCNC1)c1ccco1. The molecule has 6 nitrogen and oxygen atoms in total. The van der Waals surface area contributed by atoms with E-state index in [2.05, 4.69) is 16.0 Å². The number of nitrogens with one attached hydrogen (secondary N) is 3. The minimum atomic E-state index is -0.642. The van der Waals surface area contributed by atoms with Crippen molar-refractivity contribution in [3.05, 3.63) is 60.1 Å². The Balaban J connectivity index is 1.59. The largest absolute Gasteiger partial charge is 0.459 e. The fourth-order valence-corrected chi connectivity index (χ4v) is 3.18. The predicted molar refractivity (Wildman–Crippen MR) is 98.7 cm³/mol. The molecule has 2 atom stereocenters. The number of benzene rings is 1. The molecular formula is C20H25N3O3. The van der Waals surface area contributed by atoms with Crippen LogP contribution in [0.1, 0.15) is 29.0 Å². The summed E-state index contributed by atoms with van der Waals surface area (Å²) in [5, 5.41) is 9.09. The van der Waals surface area contributed by atoms with Crippen molar-refractivity contribution in [1.29, 1.82) is 0 Å². The lowest BCUT2D eigenvalue weighted by Gasteiger charge is -2.19. The first-order valence-electron chi connectivity index (χ1n) is 9.09. The molecule has 2 aromatic rings.